The van der Waals surface area contributed by atoms with Gasteiger partial charge in [0.25, 0.3) is 0 Å². The summed E-state index contributed by atoms with van der Waals surface area (Å²) in [6.45, 7) is 0.425. The van der Waals surface area contributed by atoms with Crippen LogP contribution in [0.1, 0.15) is 27.8 Å². The molecule has 0 spiro atoms. The highest BCUT2D eigenvalue weighted by molar-refractivity contribution is 5.84. The van der Waals surface area contributed by atoms with Crippen LogP contribution in [0.3, 0.4) is 0 Å². The predicted octanol–water partition coefficient (Wildman–Crippen LogP) is 6.63. The zero-order valence-electron chi connectivity index (χ0n) is 18.3. The van der Waals surface area contributed by atoms with Crippen LogP contribution in [-0.4, -0.2) is 13.7 Å². The van der Waals surface area contributed by atoms with Gasteiger partial charge in [-0.15, -0.1) is 0 Å². The fourth-order valence-electron chi connectivity index (χ4n) is 3.72. The summed E-state index contributed by atoms with van der Waals surface area (Å²) < 4.78 is 47.0. The molecule has 4 rings (SSSR count). The van der Waals surface area contributed by atoms with Gasteiger partial charge < -0.3 is 4.74 Å². The highest BCUT2D eigenvalue weighted by Crippen LogP contribution is 2.19. The van der Waals surface area contributed by atoms with Gasteiger partial charge in [0.2, 0.25) is 0 Å². The lowest BCUT2D eigenvalue weighted by atomic mass is 10.0. The molecule has 4 aromatic carbocycles. The first kappa shape index (κ1) is 22.6. The summed E-state index contributed by atoms with van der Waals surface area (Å²) in [6, 6.07) is 20.8. The van der Waals surface area contributed by atoms with Gasteiger partial charge in [0.05, 0.1) is 6.61 Å². The van der Waals surface area contributed by atoms with Crippen molar-refractivity contribution >= 4 is 10.8 Å². The summed E-state index contributed by atoms with van der Waals surface area (Å²) in [5.74, 6) is 4.97. The summed E-state index contributed by atoms with van der Waals surface area (Å²) in [6.07, 6.45) is 1.29. The number of aryl methyl sites for hydroxylation is 1. The van der Waals surface area contributed by atoms with Crippen molar-refractivity contribution in [1.29, 1.82) is 0 Å². The number of fused-ring (bicyclic) bond motifs is 1. The van der Waals surface area contributed by atoms with Crippen molar-refractivity contribution in [2.24, 2.45) is 0 Å². The molecular weight excluding hydrogens is 421 g/mol. The largest absolute Gasteiger partial charge is 0.384 e. The maximum Gasteiger partial charge on any atom is 0.129 e. The van der Waals surface area contributed by atoms with E-state index in [1.165, 1.54) is 24.3 Å². The Morgan fingerprint density at radius 3 is 2.00 bits per heavy atom. The fourth-order valence-corrected chi connectivity index (χ4v) is 3.72. The second-order valence-corrected chi connectivity index (χ2v) is 7.93. The number of methoxy groups -OCH3 is 1. The van der Waals surface area contributed by atoms with E-state index < -0.39 is 11.6 Å². The first-order valence-corrected chi connectivity index (χ1v) is 10.8. The second-order valence-electron chi connectivity index (χ2n) is 7.93. The predicted molar refractivity (Wildman–Crippen MR) is 126 cm³/mol. The van der Waals surface area contributed by atoms with E-state index >= 15 is 0 Å². The lowest BCUT2D eigenvalue weighted by Gasteiger charge is -2.08. The molecule has 0 N–H and O–H groups in total. The van der Waals surface area contributed by atoms with Crippen molar-refractivity contribution in [2.45, 2.75) is 19.3 Å². The Balaban J connectivity index is 1.41. The van der Waals surface area contributed by atoms with Crippen LogP contribution in [0.4, 0.5) is 13.2 Å². The number of hydrogen-bond acceptors (Lipinski definition) is 1. The van der Waals surface area contributed by atoms with E-state index in [1.54, 1.807) is 13.2 Å². The first-order chi connectivity index (χ1) is 16.0. The summed E-state index contributed by atoms with van der Waals surface area (Å²) in [7, 11) is 1.56. The Morgan fingerprint density at radius 1 is 0.636 bits per heavy atom. The average Bonchev–Trinajstić information content (AvgIpc) is 2.81. The van der Waals surface area contributed by atoms with Gasteiger partial charge in [0.1, 0.15) is 17.5 Å². The molecule has 1 nitrogen and oxygen atoms in total. The van der Waals surface area contributed by atoms with Crippen LogP contribution in [0.2, 0.25) is 0 Å². The van der Waals surface area contributed by atoms with Crippen molar-refractivity contribution in [3.8, 4) is 11.8 Å². The maximum absolute atomic E-state index is 14.4. The van der Waals surface area contributed by atoms with E-state index in [0.29, 0.717) is 25.0 Å². The Morgan fingerprint density at radius 2 is 1.27 bits per heavy atom. The highest BCUT2D eigenvalue weighted by atomic mass is 19.1. The van der Waals surface area contributed by atoms with Gasteiger partial charge in [0.15, 0.2) is 0 Å². The molecule has 0 fully saturated rings. The molecule has 4 heteroatoms. The molecule has 0 aliphatic carbocycles. The normalized spacial score (nSPS) is 10.8. The topological polar surface area (TPSA) is 9.23 Å². The van der Waals surface area contributed by atoms with E-state index in [9.17, 15) is 13.2 Å². The monoisotopic (exact) mass is 444 g/mol. The molecular formula is C29H23F3O. The molecule has 0 amide bonds. The minimum atomic E-state index is -0.512. The van der Waals surface area contributed by atoms with Crippen molar-refractivity contribution in [1.82, 2.24) is 0 Å². The highest BCUT2D eigenvalue weighted by Gasteiger charge is 2.11. The third kappa shape index (κ3) is 5.83. The molecule has 0 atom stereocenters. The molecule has 0 aliphatic heterocycles. The summed E-state index contributed by atoms with van der Waals surface area (Å²) in [5, 5.41) is 1.77. The molecule has 0 aromatic heterocycles. The molecule has 166 valence electrons. The second kappa shape index (κ2) is 10.4. The Bertz CT molecular complexity index is 1310. The average molecular weight is 444 g/mol. The van der Waals surface area contributed by atoms with Crippen LogP contribution < -0.4 is 0 Å². The smallest absolute Gasteiger partial charge is 0.129 e. The van der Waals surface area contributed by atoms with E-state index in [-0.39, 0.29) is 17.8 Å². The number of rotatable bonds is 6. The number of hydrogen-bond donors (Lipinski definition) is 0. The fraction of sp³-hybridized carbons (Fsp3) is 0.172. The van der Waals surface area contributed by atoms with Gasteiger partial charge in [0, 0.05) is 23.8 Å². The van der Waals surface area contributed by atoms with Gasteiger partial charge >= 0.3 is 0 Å². The summed E-state index contributed by atoms with van der Waals surface area (Å²) in [4.78, 5) is 0. The molecule has 0 bridgehead atoms. The van der Waals surface area contributed by atoms with Gasteiger partial charge in [-0.25, -0.2) is 13.2 Å². The first-order valence-electron chi connectivity index (χ1n) is 10.8. The molecule has 33 heavy (non-hydrogen) atoms. The van der Waals surface area contributed by atoms with Gasteiger partial charge in [-0.2, -0.15) is 0 Å². The van der Waals surface area contributed by atoms with Crippen molar-refractivity contribution in [3.63, 3.8) is 0 Å². The molecule has 4 aromatic rings. The molecule has 0 radical (unpaired) electrons. The quantitative estimate of drug-likeness (QED) is 0.303. The van der Waals surface area contributed by atoms with Crippen LogP contribution in [-0.2, 0) is 24.0 Å². The Hall–Kier alpha value is -3.55. The van der Waals surface area contributed by atoms with Crippen molar-refractivity contribution in [3.05, 3.63) is 118 Å². The van der Waals surface area contributed by atoms with Crippen molar-refractivity contribution in [2.75, 3.05) is 13.7 Å². The standard InChI is InChI=1S/C29H23F3O/c1-33-15-14-23-17-28(31)27(29(32)18-23)13-9-21-4-2-20(3-5-21)6-7-22-8-10-25-19-26(30)12-11-24(25)16-22/h2-5,8,10-12,16-19H,9,13-15H2,1H3. The third-order valence-electron chi connectivity index (χ3n) is 5.57. The number of benzene rings is 4. The van der Waals surface area contributed by atoms with Gasteiger partial charge in [-0.1, -0.05) is 36.1 Å². The lowest BCUT2D eigenvalue weighted by Crippen LogP contribution is -2.03. The van der Waals surface area contributed by atoms with E-state index in [2.05, 4.69) is 11.8 Å². The van der Waals surface area contributed by atoms with E-state index in [0.717, 1.165) is 27.5 Å². The molecule has 0 saturated carbocycles. The van der Waals surface area contributed by atoms with Crippen LogP contribution >= 0.6 is 0 Å². The summed E-state index contributed by atoms with van der Waals surface area (Å²) >= 11 is 0. The zero-order chi connectivity index (χ0) is 23.2. The lowest BCUT2D eigenvalue weighted by molar-refractivity contribution is 0.202. The van der Waals surface area contributed by atoms with Gasteiger partial charge in [-0.05, 0) is 89.7 Å². The van der Waals surface area contributed by atoms with Crippen LogP contribution in [0.25, 0.3) is 10.8 Å². The van der Waals surface area contributed by atoms with E-state index in [1.807, 2.05) is 42.5 Å². The van der Waals surface area contributed by atoms with E-state index in [4.69, 9.17) is 4.74 Å². The van der Waals surface area contributed by atoms with Crippen LogP contribution in [0.15, 0.2) is 72.8 Å². The number of halogens is 3. The molecule has 0 saturated heterocycles. The minimum Gasteiger partial charge on any atom is -0.384 e. The van der Waals surface area contributed by atoms with Crippen LogP contribution in [0, 0.1) is 29.3 Å². The number of ether oxygens (including phenoxy) is 1. The van der Waals surface area contributed by atoms with Gasteiger partial charge in [-0.3, -0.25) is 0 Å². The molecule has 0 unspecified atom stereocenters. The van der Waals surface area contributed by atoms with Crippen molar-refractivity contribution < 1.29 is 17.9 Å². The molecule has 0 heterocycles. The Labute approximate surface area is 191 Å². The minimum absolute atomic E-state index is 0.108. The Kier molecular flexibility index (Phi) is 7.12. The molecule has 0 aliphatic rings. The summed E-state index contributed by atoms with van der Waals surface area (Å²) in [5.41, 5.74) is 3.37. The van der Waals surface area contributed by atoms with Crippen LogP contribution in [0.5, 0.6) is 0 Å². The zero-order valence-corrected chi connectivity index (χ0v) is 18.3. The maximum atomic E-state index is 14.4. The SMILES string of the molecule is COCCc1cc(F)c(CCc2ccc(C#Cc3ccc4cc(F)ccc4c3)cc2)c(F)c1. The third-order valence-corrected chi connectivity index (χ3v) is 5.57.